The van der Waals surface area contributed by atoms with Crippen LogP contribution in [0.4, 0.5) is 18.9 Å². The SMILES string of the molecule is Nc1cc(Cl)cc(Cl)c1S(=O)(=O)NC(Cn1cc(-c2cocn2)c2ccccc21)C(F)(F)F. The molecule has 2 aromatic carbocycles. The number of rotatable bonds is 6. The molecular formula is C20H15Cl2F3N4O3S. The molecule has 0 spiro atoms. The van der Waals surface area contributed by atoms with Crippen molar-refractivity contribution in [1.29, 1.82) is 0 Å². The minimum Gasteiger partial charge on any atom is -0.451 e. The Bertz CT molecular complexity index is 1400. The van der Waals surface area contributed by atoms with Gasteiger partial charge in [0, 0.05) is 34.2 Å². The lowest BCUT2D eigenvalue weighted by Gasteiger charge is -2.23. The Kier molecular flexibility index (Phi) is 6.08. The van der Waals surface area contributed by atoms with E-state index in [1.165, 1.54) is 23.4 Å². The highest BCUT2D eigenvalue weighted by atomic mass is 35.5. The van der Waals surface area contributed by atoms with Gasteiger partial charge in [-0.2, -0.15) is 17.9 Å². The van der Waals surface area contributed by atoms with Crippen LogP contribution in [0.3, 0.4) is 0 Å². The fourth-order valence-electron chi connectivity index (χ4n) is 3.46. The highest BCUT2D eigenvalue weighted by molar-refractivity contribution is 7.89. The first-order chi connectivity index (χ1) is 15.5. The quantitative estimate of drug-likeness (QED) is 0.346. The number of hydrogen-bond donors (Lipinski definition) is 2. The molecule has 0 bridgehead atoms. The second kappa shape index (κ2) is 8.56. The Morgan fingerprint density at radius 3 is 2.58 bits per heavy atom. The van der Waals surface area contributed by atoms with E-state index in [9.17, 15) is 21.6 Å². The highest BCUT2D eigenvalue weighted by Crippen LogP contribution is 2.34. The van der Waals surface area contributed by atoms with Gasteiger partial charge in [-0.15, -0.1) is 0 Å². The molecule has 0 aliphatic carbocycles. The highest BCUT2D eigenvalue weighted by Gasteiger charge is 2.43. The lowest BCUT2D eigenvalue weighted by Crippen LogP contribution is -2.48. The summed E-state index contributed by atoms with van der Waals surface area (Å²) in [4.78, 5) is 3.37. The number of para-hydroxylation sites is 1. The van der Waals surface area contributed by atoms with Crippen molar-refractivity contribution in [1.82, 2.24) is 14.3 Å². The van der Waals surface area contributed by atoms with Gasteiger partial charge in [-0.05, 0) is 18.2 Å². The number of anilines is 1. The number of alkyl halides is 3. The van der Waals surface area contributed by atoms with Crippen LogP contribution >= 0.6 is 23.2 Å². The molecule has 13 heteroatoms. The fraction of sp³-hybridized carbons (Fsp3) is 0.150. The Hall–Kier alpha value is -2.73. The molecule has 4 rings (SSSR count). The van der Waals surface area contributed by atoms with E-state index in [0.29, 0.717) is 22.2 Å². The molecule has 0 saturated heterocycles. The van der Waals surface area contributed by atoms with Crippen LogP contribution in [0.5, 0.6) is 0 Å². The van der Waals surface area contributed by atoms with Gasteiger partial charge in [0.25, 0.3) is 0 Å². The van der Waals surface area contributed by atoms with Crippen LogP contribution in [-0.2, 0) is 16.6 Å². The molecule has 2 aromatic heterocycles. The van der Waals surface area contributed by atoms with E-state index in [0.717, 1.165) is 12.1 Å². The van der Waals surface area contributed by atoms with E-state index in [-0.39, 0.29) is 10.7 Å². The molecule has 4 aromatic rings. The lowest BCUT2D eigenvalue weighted by atomic mass is 10.1. The molecule has 0 amide bonds. The second-order valence-corrected chi connectivity index (χ2v) is 9.60. The van der Waals surface area contributed by atoms with Gasteiger partial charge in [0.05, 0.1) is 10.7 Å². The third-order valence-corrected chi connectivity index (χ3v) is 7.09. The first kappa shape index (κ1) is 23.4. The summed E-state index contributed by atoms with van der Waals surface area (Å²) < 4.78 is 75.5. The maximum Gasteiger partial charge on any atom is 0.406 e. The van der Waals surface area contributed by atoms with E-state index < -0.39 is 38.7 Å². The normalized spacial score (nSPS) is 13.5. The molecule has 0 radical (unpaired) electrons. The second-order valence-electron chi connectivity index (χ2n) is 7.11. The zero-order valence-corrected chi connectivity index (χ0v) is 18.8. The Balaban J connectivity index is 1.75. The number of aromatic nitrogens is 2. The van der Waals surface area contributed by atoms with Crippen molar-refractivity contribution in [2.24, 2.45) is 0 Å². The number of halogens is 5. The van der Waals surface area contributed by atoms with E-state index >= 15 is 0 Å². The van der Waals surface area contributed by atoms with Gasteiger partial charge in [0.15, 0.2) is 6.39 Å². The molecule has 3 N–H and O–H groups in total. The summed E-state index contributed by atoms with van der Waals surface area (Å²) in [5.41, 5.74) is 6.73. The number of nitrogen functional groups attached to an aromatic ring is 1. The molecule has 174 valence electrons. The summed E-state index contributed by atoms with van der Waals surface area (Å²) in [5.74, 6) is 0. The maximum absolute atomic E-state index is 13.9. The van der Waals surface area contributed by atoms with Crippen molar-refractivity contribution in [2.75, 3.05) is 5.73 Å². The molecule has 0 aliphatic heterocycles. The smallest absolute Gasteiger partial charge is 0.406 e. The van der Waals surface area contributed by atoms with Crippen molar-refractivity contribution < 1.29 is 26.0 Å². The standard InChI is InChI=1S/C20H15Cl2F3N4O3S/c21-11-5-14(22)19(15(26)6-11)33(30,31)28-18(20(23,24)25)8-29-7-13(16-9-32-10-27-16)12-3-1-2-4-17(12)29/h1-7,9-10,18,28H,8,26H2. The minimum absolute atomic E-state index is 0.0445. The summed E-state index contributed by atoms with van der Waals surface area (Å²) in [6.45, 7) is -0.758. The maximum atomic E-state index is 13.9. The summed E-state index contributed by atoms with van der Waals surface area (Å²) in [6, 6.07) is 6.41. The predicted octanol–water partition coefficient (Wildman–Crippen LogP) is 5.09. The average Bonchev–Trinajstić information content (AvgIpc) is 3.34. The third kappa shape index (κ3) is 4.67. The number of sulfonamides is 1. The molecule has 1 atom stereocenters. The van der Waals surface area contributed by atoms with Gasteiger partial charge in [-0.3, -0.25) is 0 Å². The van der Waals surface area contributed by atoms with Crippen molar-refractivity contribution in [3.8, 4) is 11.3 Å². The van der Waals surface area contributed by atoms with Crippen LogP contribution in [0.15, 0.2) is 64.6 Å². The Morgan fingerprint density at radius 1 is 1.21 bits per heavy atom. The number of oxazole rings is 1. The fourth-order valence-corrected chi connectivity index (χ4v) is 5.66. The number of nitrogens with zero attached hydrogens (tertiary/aromatic N) is 2. The summed E-state index contributed by atoms with van der Waals surface area (Å²) in [6.07, 6.45) is -0.908. The number of fused-ring (bicyclic) bond motifs is 1. The van der Waals surface area contributed by atoms with E-state index in [1.807, 2.05) is 0 Å². The van der Waals surface area contributed by atoms with Crippen LogP contribution in [0.25, 0.3) is 22.2 Å². The van der Waals surface area contributed by atoms with Gasteiger partial charge in [-0.25, -0.2) is 13.4 Å². The third-order valence-electron chi connectivity index (χ3n) is 4.87. The minimum atomic E-state index is -4.93. The van der Waals surface area contributed by atoms with Gasteiger partial charge >= 0.3 is 6.18 Å². The average molecular weight is 519 g/mol. The number of hydrogen-bond acceptors (Lipinski definition) is 5. The van der Waals surface area contributed by atoms with Gasteiger partial charge in [0.2, 0.25) is 10.0 Å². The molecule has 0 aliphatic rings. The zero-order valence-electron chi connectivity index (χ0n) is 16.5. The molecule has 2 heterocycles. The van der Waals surface area contributed by atoms with Crippen LogP contribution < -0.4 is 10.5 Å². The first-order valence-corrected chi connectivity index (χ1v) is 11.5. The molecule has 0 fully saturated rings. The summed E-state index contributed by atoms with van der Waals surface area (Å²) >= 11 is 11.7. The Morgan fingerprint density at radius 2 is 1.94 bits per heavy atom. The number of nitrogens with one attached hydrogen (secondary N) is 1. The molecule has 7 nitrogen and oxygen atoms in total. The predicted molar refractivity (Wildman–Crippen MR) is 118 cm³/mol. The summed E-state index contributed by atoms with van der Waals surface area (Å²) in [5, 5.41) is 0.274. The monoisotopic (exact) mass is 518 g/mol. The van der Waals surface area contributed by atoms with E-state index in [4.69, 9.17) is 33.4 Å². The number of nitrogens with two attached hydrogens (primary N) is 1. The first-order valence-electron chi connectivity index (χ1n) is 9.27. The zero-order chi connectivity index (χ0) is 24.0. The van der Waals surface area contributed by atoms with Crippen molar-refractivity contribution in [3.05, 3.63) is 65.3 Å². The van der Waals surface area contributed by atoms with Crippen molar-refractivity contribution in [3.63, 3.8) is 0 Å². The van der Waals surface area contributed by atoms with Gasteiger partial charge < -0.3 is 14.7 Å². The van der Waals surface area contributed by atoms with Crippen LogP contribution in [-0.4, -0.2) is 30.2 Å². The number of benzene rings is 2. The largest absolute Gasteiger partial charge is 0.451 e. The van der Waals surface area contributed by atoms with Crippen LogP contribution in [0.2, 0.25) is 10.0 Å². The van der Waals surface area contributed by atoms with Crippen molar-refractivity contribution >= 4 is 49.8 Å². The van der Waals surface area contributed by atoms with E-state index in [1.54, 1.807) is 29.0 Å². The molecule has 0 saturated carbocycles. The van der Waals surface area contributed by atoms with Crippen LogP contribution in [0, 0.1) is 0 Å². The Labute approximate surface area is 196 Å². The topological polar surface area (TPSA) is 103 Å². The summed E-state index contributed by atoms with van der Waals surface area (Å²) in [7, 11) is -4.76. The van der Waals surface area contributed by atoms with Gasteiger partial charge in [0.1, 0.15) is 22.9 Å². The van der Waals surface area contributed by atoms with Crippen LogP contribution in [0.1, 0.15) is 0 Å². The molecule has 1 unspecified atom stereocenters. The van der Waals surface area contributed by atoms with Gasteiger partial charge in [-0.1, -0.05) is 41.4 Å². The van der Waals surface area contributed by atoms with E-state index in [2.05, 4.69) is 4.98 Å². The lowest BCUT2D eigenvalue weighted by molar-refractivity contribution is -0.154. The molecule has 33 heavy (non-hydrogen) atoms. The van der Waals surface area contributed by atoms with Crippen molar-refractivity contribution in [2.45, 2.75) is 23.7 Å². The molecular weight excluding hydrogens is 504 g/mol.